The van der Waals surface area contributed by atoms with Crippen molar-refractivity contribution in [3.63, 3.8) is 0 Å². The predicted molar refractivity (Wildman–Crippen MR) is 63.7 cm³/mol. The number of rotatable bonds is 5. The Labute approximate surface area is 103 Å². The van der Waals surface area contributed by atoms with Crippen LogP contribution >= 0.6 is 0 Å². The number of aromatic nitrogens is 4. The molecule has 0 aliphatic rings. The van der Waals surface area contributed by atoms with E-state index in [1.165, 1.54) is 11.0 Å². The molecule has 2 aromatic rings. The van der Waals surface area contributed by atoms with Crippen LogP contribution in [-0.2, 0) is 17.8 Å². The molecule has 1 heterocycles. The lowest BCUT2D eigenvalue weighted by molar-refractivity contribution is -0.116. The minimum Gasteiger partial charge on any atom is -0.396 e. The molecule has 2 N–H and O–H groups in total. The fourth-order valence-electron chi connectivity index (χ4n) is 1.48. The molecule has 7 nitrogen and oxygen atoms in total. The lowest BCUT2D eigenvalue weighted by Gasteiger charge is -2.05. The Kier molecular flexibility index (Phi) is 3.98. The van der Waals surface area contributed by atoms with E-state index in [9.17, 15) is 4.79 Å². The monoisotopic (exact) mass is 247 g/mol. The summed E-state index contributed by atoms with van der Waals surface area (Å²) in [7, 11) is 0. The summed E-state index contributed by atoms with van der Waals surface area (Å²) in [6.07, 6.45) is 1.99. The van der Waals surface area contributed by atoms with Gasteiger partial charge in [-0.2, -0.15) is 0 Å². The zero-order chi connectivity index (χ0) is 12.8. The number of tetrazole rings is 1. The van der Waals surface area contributed by atoms with Gasteiger partial charge in [0.25, 0.3) is 0 Å². The highest BCUT2D eigenvalue weighted by Gasteiger charge is 2.04. The van der Waals surface area contributed by atoms with E-state index in [1.54, 1.807) is 12.1 Å². The van der Waals surface area contributed by atoms with Gasteiger partial charge in [0, 0.05) is 12.3 Å². The third kappa shape index (κ3) is 3.36. The van der Waals surface area contributed by atoms with Crippen molar-refractivity contribution in [1.82, 2.24) is 20.2 Å². The highest BCUT2D eigenvalue weighted by Crippen LogP contribution is 2.09. The second-order valence-electron chi connectivity index (χ2n) is 3.73. The summed E-state index contributed by atoms with van der Waals surface area (Å²) in [6.45, 7) is 0.191. The molecule has 0 fully saturated rings. The van der Waals surface area contributed by atoms with Crippen LogP contribution in [0.5, 0.6) is 0 Å². The van der Waals surface area contributed by atoms with Crippen LogP contribution in [0.1, 0.15) is 5.56 Å². The van der Waals surface area contributed by atoms with Crippen LogP contribution in [0.25, 0.3) is 0 Å². The van der Waals surface area contributed by atoms with Crippen molar-refractivity contribution in [3.8, 4) is 0 Å². The van der Waals surface area contributed by atoms with Crippen LogP contribution in [-0.4, -0.2) is 37.8 Å². The molecule has 94 valence electrons. The number of carbonyl (C=O) groups is 1. The lowest BCUT2D eigenvalue weighted by atomic mass is 10.1. The third-order valence-corrected chi connectivity index (χ3v) is 2.34. The average molecular weight is 247 g/mol. The second kappa shape index (κ2) is 5.87. The maximum absolute atomic E-state index is 11.6. The van der Waals surface area contributed by atoms with Crippen molar-refractivity contribution < 1.29 is 9.90 Å². The van der Waals surface area contributed by atoms with Gasteiger partial charge in [0.1, 0.15) is 12.9 Å². The minimum atomic E-state index is -0.197. The van der Waals surface area contributed by atoms with E-state index in [1.807, 2.05) is 12.1 Å². The van der Waals surface area contributed by atoms with Crippen molar-refractivity contribution in [3.05, 3.63) is 36.2 Å². The molecule has 1 amide bonds. The van der Waals surface area contributed by atoms with Gasteiger partial charge in [-0.1, -0.05) is 12.1 Å². The van der Waals surface area contributed by atoms with E-state index >= 15 is 0 Å². The summed E-state index contributed by atoms with van der Waals surface area (Å²) >= 11 is 0. The maximum Gasteiger partial charge on any atom is 0.246 e. The third-order valence-electron chi connectivity index (χ3n) is 2.34. The van der Waals surface area contributed by atoms with Gasteiger partial charge < -0.3 is 10.4 Å². The molecular formula is C11H13N5O2. The second-order valence-corrected chi connectivity index (χ2v) is 3.73. The van der Waals surface area contributed by atoms with Gasteiger partial charge >= 0.3 is 0 Å². The Morgan fingerprint density at radius 2 is 2.11 bits per heavy atom. The summed E-state index contributed by atoms with van der Waals surface area (Å²) in [5.41, 5.74) is 1.73. The Morgan fingerprint density at radius 1 is 1.33 bits per heavy atom. The number of amides is 1. The summed E-state index contributed by atoms with van der Waals surface area (Å²) in [4.78, 5) is 11.6. The van der Waals surface area contributed by atoms with E-state index in [4.69, 9.17) is 5.11 Å². The SMILES string of the molecule is O=C(Cn1cnnn1)Nc1ccc(CCO)cc1. The number of aliphatic hydroxyl groups is 1. The van der Waals surface area contributed by atoms with Crippen molar-refractivity contribution in [2.24, 2.45) is 0 Å². The summed E-state index contributed by atoms with van der Waals surface area (Å²) in [6, 6.07) is 7.32. The predicted octanol–water partition coefficient (Wildman–Crippen LogP) is -0.153. The van der Waals surface area contributed by atoms with Crippen LogP contribution in [0.3, 0.4) is 0 Å². The number of nitrogens with one attached hydrogen (secondary N) is 1. The van der Waals surface area contributed by atoms with Gasteiger partial charge in [-0.05, 0) is 34.5 Å². The summed E-state index contributed by atoms with van der Waals surface area (Å²) in [5.74, 6) is -0.197. The Balaban J connectivity index is 1.90. The largest absolute Gasteiger partial charge is 0.396 e. The molecule has 0 aliphatic carbocycles. The Hall–Kier alpha value is -2.28. The number of benzene rings is 1. The van der Waals surface area contributed by atoms with Gasteiger partial charge in [0.2, 0.25) is 5.91 Å². The van der Waals surface area contributed by atoms with Crippen molar-refractivity contribution in [2.45, 2.75) is 13.0 Å². The Bertz CT molecular complexity index is 495. The first-order valence-electron chi connectivity index (χ1n) is 5.48. The van der Waals surface area contributed by atoms with Crippen molar-refractivity contribution in [1.29, 1.82) is 0 Å². The highest BCUT2D eigenvalue weighted by atomic mass is 16.3. The first-order chi connectivity index (χ1) is 8.78. The molecule has 1 aromatic carbocycles. The maximum atomic E-state index is 11.6. The van der Waals surface area contributed by atoms with Crippen molar-refractivity contribution >= 4 is 11.6 Å². The topological polar surface area (TPSA) is 92.9 Å². The molecular weight excluding hydrogens is 234 g/mol. The molecule has 0 aliphatic heterocycles. The number of nitrogens with zero attached hydrogens (tertiary/aromatic N) is 4. The minimum absolute atomic E-state index is 0.0748. The number of carbonyl (C=O) groups excluding carboxylic acids is 1. The molecule has 18 heavy (non-hydrogen) atoms. The van der Waals surface area contributed by atoms with Gasteiger partial charge in [-0.15, -0.1) is 5.10 Å². The molecule has 0 saturated carbocycles. The van der Waals surface area contributed by atoms with E-state index < -0.39 is 0 Å². The zero-order valence-electron chi connectivity index (χ0n) is 9.65. The zero-order valence-corrected chi connectivity index (χ0v) is 9.65. The number of hydrogen-bond donors (Lipinski definition) is 2. The van der Waals surface area contributed by atoms with Crippen LogP contribution in [0, 0.1) is 0 Å². The number of hydrogen-bond acceptors (Lipinski definition) is 5. The quantitative estimate of drug-likeness (QED) is 0.766. The fraction of sp³-hybridized carbons (Fsp3) is 0.273. The van der Waals surface area contributed by atoms with Gasteiger partial charge in [-0.25, -0.2) is 4.68 Å². The van der Waals surface area contributed by atoms with Crippen LogP contribution in [0.15, 0.2) is 30.6 Å². The molecule has 2 rings (SSSR count). The molecule has 0 spiro atoms. The van der Waals surface area contributed by atoms with Crippen LogP contribution in [0.4, 0.5) is 5.69 Å². The standard InChI is InChI=1S/C11H13N5O2/c17-6-5-9-1-3-10(4-2-9)13-11(18)7-16-8-12-14-15-16/h1-4,8,17H,5-7H2,(H,13,18). The first-order valence-corrected chi connectivity index (χ1v) is 5.48. The molecule has 1 aromatic heterocycles. The molecule has 0 radical (unpaired) electrons. The normalized spacial score (nSPS) is 10.3. The molecule has 0 bridgehead atoms. The lowest BCUT2D eigenvalue weighted by Crippen LogP contribution is -2.19. The van der Waals surface area contributed by atoms with Crippen LogP contribution in [0.2, 0.25) is 0 Å². The number of aliphatic hydroxyl groups excluding tert-OH is 1. The summed E-state index contributed by atoms with van der Waals surface area (Å²) < 4.78 is 1.34. The summed E-state index contributed by atoms with van der Waals surface area (Å²) in [5, 5.41) is 22.0. The highest BCUT2D eigenvalue weighted by molar-refractivity contribution is 5.90. The molecule has 0 saturated heterocycles. The van der Waals surface area contributed by atoms with E-state index in [2.05, 4.69) is 20.8 Å². The Morgan fingerprint density at radius 3 is 2.72 bits per heavy atom. The van der Waals surface area contributed by atoms with E-state index in [0.717, 1.165) is 5.56 Å². The molecule has 0 atom stereocenters. The van der Waals surface area contributed by atoms with Gasteiger partial charge in [0.15, 0.2) is 0 Å². The average Bonchev–Trinajstić information content (AvgIpc) is 2.84. The van der Waals surface area contributed by atoms with Gasteiger partial charge in [0.05, 0.1) is 0 Å². The van der Waals surface area contributed by atoms with E-state index in [-0.39, 0.29) is 19.1 Å². The van der Waals surface area contributed by atoms with Crippen molar-refractivity contribution in [2.75, 3.05) is 11.9 Å². The molecule has 0 unspecified atom stereocenters. The van der Waals surface area contributed by atoms with E-state index in [0.29, 0.717) is 12.1 Å². The smallest absolute Gasteiger partial charge is 0.246 e. The fourth-order valence-corrected chi connectivity index (χ4v) is 1.48. The number of anilines is 1. The van der Waals surface area contributed by atoms with Gasteiger partial charge in [-0.3, -0.25) is 4.79 Å². The van der Waals surface area contributed by atoms with Crippen LogP contribution < -0.4 is 5.32 Å². The molecule has 7 heteroatoms. The first kappa shape index (κ1) is 12.2.